The highest BCUT2D eigenvalue weighted by atomic mass is 15.4. The maximum Gasteiger partial charge on any atom is 0.0858 e. The molecule has 0 spiro atoms. The van der Waals surface area contributed by atoms with Crippen molar-refractivity contribution in [2.45, 2.75) is 40.7 Å². The van der Waals surface area contributed by atoms with E-state index in [0.717, 1.165) is 18.7 Å². The van der Waals surface area contributed by atoms with Crippen molar-refractivity contribution in [2.24, 2.45) is 5.92 Å². The molecule has 0 aliphatic heterocycles. The molecule has 0 radical (unpaired) electrons. The van der Waals surface area contributed by atoms with Gasteiger partial charge in [-0.05, 0) is 26.2 Å². The van der Waals surface area contributed by atoms with E-state index in [1.165, 1.54) is 5.69 Å². The Morgan fingerprint density at radius 1 is 1.42 bits per heavy atom. The lowest BCUT2D eigenvalue weighted by Crippen LogP contribution is -2.00. The van der Waals surface area contributed by atoms with Gasteiger partial charge in [0.1, 0.15) is 0 Å². The second-order valence-electron chi connectivity index (χ2n) is 3.54. The first-order chi connectivity index (χ1) is 5.65. The molecular weight excluding hydrogens is 150 g/mol. The molecule has 0 aliphatic carbocycles. The van der Waals surface area contributed by atoms with Gasteiger partial charge in [-0.1, -0.05) is 19.1 Å². The van der Waals surface area contributed by atoms with Crippen molar-refractivity contribution in [1.82, 2.24) is 15.0 Å². The SMILES string of the molecule is CCn1nnc(CC(C)C)c1C. The first-order valence-corrected chi connectivity index (χ1v) is 4.54. The van der Waals surface area contributed by atoms with Gasteiger partial charge in [0.25, 0.3) is 0 Å². The Bertz CT molecular complexity index is 250. The monoisotopic (exact) mass is 167 g/mol. The molecule has 3 heteroatoms. The van der Waals surface area contributed by atoms with Crippen LogP contribution in [0.3, 0.4) is 0 Å². The molecule has 0 aromatic carbocycles. The van der Waals surface area contributed by atoms with E-state index in [9.17, 15) is 0 Å². The molecule has 0 aliphatic rings. The quantitative estimate of drug-likeness (QED) is 0.687. The molecule has 3 nitrogen and oxygen atoms in total. The van der Waals surface area contributed by atoms with Gasteiger partial charge in [-0.15, -0.1) is 5.10 Å². The van der Waals surface area contributed by atoms with E-state index >= 15 is 0 Å². The van der Waals surface area contributed by atoms with E-state index in [4.69, 9.17) is 0 Å². The standard InChI is InChI=1S/C9H17N3/c1-5-12-8(4)9(10-11-12)6-7(2)3/h7H,5-6H2,1-4H3. The van der Waals surface area contributed by atoms with Crippen LogP contribution >= 0.6 is 0 Å². The maximum atomic E-state index is 4.14. The third-order valence-electron chi connectivity index (χ3n) is 1.98. The Morgan fingerprint density at radius 2 is 2.08 bits per heavy atom. The fourth-order valence-corrected chi connectivity index (χ4v) is 1.27. The minimum Gasteiger partial charge on any atom is -0.250 e. The molecule has 0 N–H and O–H groups in total. The van der Waals surface area contributed by atoms with Gasteiger partial charge in [0.05, 0.1) is 11.4 Å². The van der Waals surface area contributed by atoms with Crippen LogP contribution in [-0.4, -0.2) is 15.0 Å². The lowest BCUT2D eigenvalue weighted by Gasteiger charge is -2.02. The lowest BCUT2D eigenvalue weighted by atomic mass is 10.1. The normalized spacial score (nSPS) is 11.1. The molecular formula is C9H17N3. The Morgan fingerprint density at radius 3 is 2.50 bits per heavy atom. The first-order valence-electron chi connectivity index (χ1n) is 4.54. The van der Waals surface area contributed by atoms with E-state index < -0.39 is 0 Å². The predicted octanol–water partition coefficient (Wildman–Crippen LogP) is 1.80. The second kappa shape index (κ2) is 3.70. The highest BCUT2D eigenvalue weighted by Crippen LogP contribution is 2.09. The Hall–Kier alpha value is -0.860. The van der Waals surface area contributed by atoms with Crippen LogP contribution in [0.5, 0.6) is 0 Å². The average Bonchev–Trinajstić information content (AvgIpc) is 2.32. The van der Waals surface area contributed by atoms with Crippen molar-refractivity contribution >= 4 is 0 Å². The number of hydrogen-bond donors (Lipinski definition) is 0. The van der Waals surface area contributed by atoms with Gasteiger partial charge in [0.2, 0.25) is 0 Å². The van der Waals surface area contributed by atoms with Gasteiger partial charge < -0.3 is 0 Å². The van der Waals surface area contributed by atoms with Crippen molar-refractivity contribution in [2.75, 3.05) is 0 Å². The van der Waals surface area contributed by atoms with E-state index in [1.54, 1.807) is 0 Å². The molecule has 0 fully saturated rings. The van der Waals surface area contributed by atoms with E-state index in [2.05, 4.69) is 38.0 Å². The summed E-state index contributed by atoms with van der Waals surface area (Å²) in [5.41, 5.74) is 2.36. The number of aromatic nitrogens is 3. The third kappa shape index (κ3) is 1.84. The van der Waals surface area contributed by atoms with Crippen LogP contribution in [0.1, 0.15) is 32.2 Å². The van der Waals surface area contributed by atoms with E-state index in [0.29, 0.717) is 5.92 Å². The zero-order valence-corrected chi connectivity index (χ0v) is 8.33. The zero-order valence-electron chi connectivity index (χ0n) is 8.33. The van der Waals surface area contributed by atoms with Crippen molar-refractivity contribution in [1.29, 1.82) is 0 Å². The van der Waals surface area contributed by atoms with Gasteiger partial charge in [-0.25, -0.2) is 4.68 Å². The average molecular weight is 167 g/mol. The van der Waals surface area contributed by atoms with Gasteiger partial charge in [-0.3, -0.25) is 0 Å². The van der Waals surface area contributed by atoms with Crippen LogP contribution in [0, 0.1) is 12.8 Å². The summed E-state index contributed by atoms with van der Waals surface area (Å²) in [6.45, 7) is 9.48. The second-order valence-corrected chi connectivity index (χ2v) is 3.54. The molecule has 0 bridgehead atoms. The Kier molecular flexibility index (Phi) is 2.84. The smallest absolute Gasteiger partial charge is 0.0858 e. The topological polar surface area (TPSA) is 30.7 Å². The number of aryl methyl sites for hydroxylation is 1. The summed E-state index contributed by atoms with van der Waals surface area (Å²) >= 11 is 0. The molecule has 1 aromatic heterocycles. The maximum absolute atomic E-state index is 4.14. The van der Waals surface area contributed by atoms with E-state index in [-0.39, 0.29) is 0 Å². The van der Waals surface area contributed by atoms with Crippen molar-refractivity contribution in [3.8, 4) is 0 Å². The number of nitrogens with zero attached hydrogens (tertiary/aromatic N) is 3. The number of rotatable bonds is 3. The summed E-state index contributed by atoms with van der Waals surface area (Å²) in [5, 5.41) is 8.19. The zero-order chi connectivity index (χ0) is 9.14. The highest BCUT2D eigenvalue weighted by molar-refractivity contribution is 5.08. The van der Waals surface area contributed by atoms with E-state index in [1.807, 2.05) is 4.68 Å². The molecule has 1 aromatic rings. The van der Waals surface area contributed by atoms with Crippen LogP contribution in [0.25, 0.3) is 0 Å². The molecule has 1 rings (SSSR count). The predicted molar refractivity (Wildman–Crippen MR) is 49.0 cm³/mol. The third-order valence-corrected chi connectivity index (χ3v) is 1.98. The Labute approximate surface area is 73.8 Å². The summed E-state index contributed by atoms with van der Waals surface area (Å²) in [6, 6.07) is 0. The summed E-state index contributed by atoms with van der Waals surface area (Å²) in [4.78, 5) is 0. The number of hydrogen-bond acceptors (Lipinski definition) is 2. The van der Waals surface area contributed by atoms with Gasteiger partial charge in [-0.2, -0.15) is 0 Å². The fourth-order valence-electron chi connectivity index (χ4n) is 1.27. The van der Waals surface area contributed by atoms with Crippen molar-refractivity contribution in [3.05, 3.63) is 11.4 Å². The summed E-state index contributed by atoms with van der Waals surface area (Å²) < 4.78 is 1.94. The highest BCUT2D eigenvalue weighted by Gasteiger charge is 2.07. The minimum atomic E-state index is 0.658. The molecule has 0 atom stereocenters. The Balaban J connectivity index is 2.80. The molecule has 68 valence electrons. The molecule has 1 heterocycles. The first kappa shape index (κ1) is 9.23. The molecule has 0 saturated carbocycles. The van der Waals surface area contributed by atoms with Gasteiger partial charge in [0, 0.05) is 6.54 Å². The largest absolute Gasteiger partial charge is 0.250 e. The fraction of sp³-hybridized carbons (Fsp3) is 0.778. The van der Waals surface area contributed by atoms with Gasteiger partial charge in [0.15, 0.2) is 0 Å². The summed E-state index contributed by atoms with van der Waals surface area (Å²) in [6.07, 6.45) is 1.03. The lowest BCUT2D eigenvalue weighted by molar-refractivity contribution is 0.611. The van der Waals surface area contributed by atoms with Crippen LogP contribution in [0.4, 0.5) is 0 Å². The summed E-state index contributed by atoms with van der Waals surface area (Å²) in [7, 11) is 0. The van der Waals surface area contributed by atoms with Crippen molar-refractivity contribution in [3.63, 3.8) is 0 Å². The van der Waals surface area contributed by atoms with Crippen LogP contribution in [0.2, 0.25) is 0 Å². The molecule has 0 saturated heterocycles. The van der Waals surface area contributed by atoms with Crippen molar-refractivity contribution < 1.29 is 0 Å². The van der Waals surface area contributed by atoms with Crippen LogP contribution in [0.15, 0.2) is 0 Å². The summed E-state index contributed by atoms with van der Waals surface area (Å²) in [5.74, 6) is 0.658. The van der Waals surface area contributed by atoms with Gasteiger partial charge >= 0.3 is 0 Å². The molecule has 0 unspecified atom stereocenters. The van der Waals surface area contributed by atoms with Crippen LogP contribution in [-0.2, 0) is 13.0 Å². The molecule has 12 heavy (non-hydrogen) atoms. The molecule has 0 amide bonds. The van der Waals surface area contributed by atoms with Crippen LogP contribution < -0.4 is 0 Å². The minimum absolute atomic E-state index is 0.658.